The molecule has 4 atom stereocenters. The number of esters is 1. The van der Waals surface area contributed by atoms with Gasteiger partial charge in [0.25, 0.3) is 0 Å². The van der Waals surface area contributed by atoms with Crippen molar-refractivity contribution in [1.29, 1.82) is 0 Å². The quantitative estimate of drug-likeness (QED) is 0.652. The molecule has 4 nitrogen and oxygen atoms in total. The molecule has 2 fully saturated rings. The lowest BCUT2D eigenvalue weighted by molar-refractivity contribution is -0.0921. The van der Waals surface area contributed by atoms with Gasteiger partial charge in [-0.2, -0.15) is 0 Å². The Labute approximate surface area is 176 Å². The summed E-state index contributed by atoms with van der Waals surface area (Å²) in [7, 11) is 4.32. The second-order valence-electron chi connectivity index (χ2n) is 7.88. The number of benzene rings is 1. The van der Waals surface area contributed by atoms with Crippen LogP contribution in [0.4, 0.5) is 0 Å². The molecule has 2 unspecified atom stereocenters. The molecule has 0 spiro atoms. The maximum atomic E-state index is 12.6. The summed E-state index contributed by atoms with van der Waals surface area (Å²) in [6.45, 7) is 5.54. The molecule has 154 valence electrons. The van der Waals surface area contributed by atoms with E-state index in [1.54, 1.807) is 0 Å². The lowest BCUT2D eigenvalue weighted by Gasteiger charge is -2.51. The Morgan fingerprint density at radius 2 is 1.85 bits per heavy atom. The highest BCUT2D eigenvalue weighted by Crippen LogP contribution is 2.39. The van der Waals surface area contributed by atoms with Crippen molar-refractivity contribution in [2.24, 2.45) is 11.8 Å². The summed E-state index contributed by atoms with van der Waals surface area (Å²) in [5, 5.41) is 0. The predicted molar refractivity (Wildman–Crippen MR) is 115 cm³/mol. The molecule has 2 aliphatic rings. The molecular weight excluding hydrogens is 383 g/mol. The van der Waals surface area contributed by atoms with E-state index in [2.05, 4.69) is 30.8 Å². The summed E-state index contributed by atoms with van der Waals surface area (Å²) in [5.41, 5.74) is 0.662. The average molecular weight is 417 g/mol. The topological polar surface area (TPSA) is 32.8 Å². The van der Waals surface area contributed by atoms with E-state index < -0.39 is 0 Å². The Kier molecular flexibility index (Phi) is 10.1. The molecule has 0 N–H and O–H groups in total. The highest BCUT2D eigenvalue weighted by Gasteiger charge is 2.47. The fourth-order valence-electron chi connectivity index (χ4n) is 4.61. The van der Waals surface area contributed by atoms with E-state index in [1.165, 1.54) is 25.8 Å². The monoisotopic (exact) mass is 416 g/mol. The maximum Gasteiger partial charge on any atom is 0.338 e. The van der Waals surface area contributed by atoms with Crippen molar-refractivity contribution in [2.75, 3.05) is 33.7 Å². The van der Waals surface area contributed by atoms with Crippen molar-refractivity contribution < 1.29 is 9.53 Å². The standard InChI is InChI=1S/C21H32N2O2.2ClH/c1-4-5-13-23-14-17-11-12-19(22(2)3)18(15-23)20(17)25-21(24)16-9-7-6-8-10-16;;/h6-10,17-20H,4-5,11-15H2,1-3H3;2*1H/t17?,18?,19-,20+;;/m0../s1. The highest BCUT2D eigenvalue weighted by molar-refractivity contribution is 5.89. The average Bonchev–Trinajstić information content (AvgIpc) is 2.60. The highest BCUT2D eigenvalue weighted by atomic mass is 35.5. The van der Waals surface area contributed by atoms with E-state index in [1.807, 2.05) is 30.3 Å². The van der Waals surface area contributed by atoms with Gasteiger partial charge in [-0.3, -0.25) is 0 Å². The van der Waals surface area contributed by atoms with E-state index in [9.17, 15) is 4.79 Å². The second-order valence-corrected chi connectivity index (χ2v) is 7.88. The van der Waals surface area contributed by atoms with Gasteiger partial charge < -0.3 is 14.5 Å². The molecule has 6 heteroatoms. The molecule has 1 aliphatic heterocycles. The number of carbonyl (C=O) groups excluding carboxylic acids is 1. The number of rotatable bonds is 6. The van der Waals surface area contributed by atoms with Gasteiger partial charge in [0.15, 0.2) is 0 Å². The van der Waals surface area contributed by atoms with Gasteiger partial charge in [0.2, 0.25) is 0 Å². The second kappa shape index (κ2) is 11.3. The van der Waals surface area contributed by atoms with Crippen LogP contribution in [0.1, 0.15) is 43.0 Å². The molecule has 3 rings (SSSR count). The van der Waals surface area contributed by atoms with Crippen LogP contribution in [0.5, 0.6) is 0 Å². The van der Waals surface area contributed by atoms with E-state index in [-0.39, 0.29) is 36.9 Å². The lowest BCUT2D eigenvalue weighted by Crippen LogP contribution is -2.60. The summed E-state index contributed by atoms with van der Waals surface area (Å²) in [6.07, 6.45) is 4.89. The van der Waals surface area contributed by atoms with Crippen molar-refractivity contribution in [1.82, 2.24) is 9.80 Å². The summed E-state index contributed by atoms with van der Waals surface area (Å²) < 4.78 is 6.09. The molecule has 1 saturated heterocycles. The number of fused-ring (bicyclic) bond motifs is 2. The van der Waals surface area contributed by atoms with Crippen LogP contribution in [0.3, 0.4) is 0 Å². The summed E-state index contributed by atoms with van der Waals surface area (Å²) in [4.78, 5) is 17.6. The Balaban J connectivity index is 0.00000182. The molecule has 1 heterocycles. The molecule has 1 aliphatic carbocycles. The third kappa shape index (κ3) is 5.83. The van der Waals surface area contributed by atoms with Crippen LogP contribution in [-0.2, 0) is 4.74 Å². The molecule has 27 heavy (non-hydrogen) atoms. The number of hydrogen-bond acceptors (Lipinski definition) is 4. The van der Waals surface area contributed by atoms with Crippen LogP contribution in [0.15, 0.2) is 30.3 Å². The van der Waals surface area contributed by atoms with Gasteiger partial charge in [0.05, 0.1) is 5.56 Å². The molecule has 0 aromatic heterocycles. The number of halogens is 2. The Hall–Kier alpha value is -0.810. The molecular formula is C21H34Cl2N2O2. The minimum absolute atomic E-state index is 0. The lowest BCUT2D eigenvalue weighted by atomic mass is 9.71. The van der Waals surface area contributed by atoms with Gasteiger partial charge in [-0.25, -0.2) is 4.79 Å². The van der Waals surface area contributed by atoms with E-state index >= 15 is 0 Å². The van der Waals surface area contributed by atoms with Gasteiger partial charge in [0, 0.05) is 31.0 Å². The van der Waals surface area contributed by atoms with Gasteiger partial charge in [0.1, 0.15) is 6.10 Å². The fraction of sp³-hybridized carbons (Fsp3) is 0.667. The zero-order chi connectivity index (χ0) is 17.8. The molecule has 0 radical (unpaired) electrons. The van der Waals surface area contributed by atoms with Crippen molar-refractivity contribution in [3.05, 3.63) is 35.9 Å². The van der Waals surface area contributed by atoms with Gasteiger partial charge in [-0.15, -0.1) is 24.8 Å². The minimum Gasteiger partial charge on any atom is -0.458 e. The third-order valence-electron chi connectivity index (χ3n) is 5.92. The summed E-state index contributed by atoms with van der Waals surface area (Å²) >= 11 is 0. The summed E-state index contributed by atoms with van der Waals surface area (Å²) in [6, 6.07) is 9.91. The van der Waals surface area contributed by atoms with Crippen LogP contribution in [-0.4, -0.2) is 61.6 Å². The number of likely N-dealkylation sites (tertiary alicyclic amines) is 1. The first-order chi connectivity index (χ1) is 12.1. The van der Waals surface area contributed by atoms with E-state index in [4.69, 9.17) is 4.74 Å². The number of carbonyl (C=O) groups is 1. The van der Waals surface area contributed by atoms with Crippen LogP contribution in [0, 0.1) is 11.8 Å². The molecule has 1 aromatic rings. The zero-order valence-electron chi connectivity index (χ0n) is 16.7. The minimum atomic E-state index is -0.165. The van der Waals surface area contributed by atoms with Crippen molar-refractivity contribution in [3.63, 3.8) is 0 Å². The molecule has 2 bridgehead atoms. The number of unbranched alkanes of at least 4 members (excludes halogenated alkanes) is 1. The molecule has 1 saturated carbocycles. The SMILES string of the molecule is CCCCN1CC2CC[C@H](N(C)C)C(C1)[C@@H]2OC(=O)c1ccccc1.Cl.Cl. The van der Waals surface area contributed by atoms with E-state index in [0.717, 1.165) is 19.5 Å². The van der Waals surface area contributed by atoms with Gasteiger partial charge in [-0.05, 0) is 52.0 Å². The first-order valence-corrected chi connectivity index (χ1v) is 9.75. The molecule has 0 amide bonds. The van der Waals surface area contributed by atoms with Crippen molar-refractivity contribution in [2.45, 2.75) is 44.8 Å². The first-order valence-electron chi connectivity index (χ1n) is 9.75. The van der Waals surface area contributed by atoms with Crippen molar-refractivity contribution in [3.8, 4) is 0 Å². The normalized spacial score (nSPS) is 27.4. The largest absolute Gasteiger partial charge is 0.458 e. The van der Waals surface area contributed by atoms with Crippen molar-refractivity contribution >= 4 is 30.8 Å². The Morgan fingerprint density at radius 3 is 2.48 bits per heavy atom. The predicted octanol–water partition coefficient (Wildman–Crippen LogP) is 4.13. The van der Waals surface area contributed by atoms with E-state index in [0.29, 0.717) is 23.4 Å². The first kappa shape index (κ1) is 24.2. The van der Waals surface area contributed by atoms with Gasteiger partial charge >= 0.3 is 5.97 Å². The Bertz CT molecular complexity index is 571. The summed E-state index contributed by atoms with van der Waals surface area (Å²) in [5.74, 6) is 0.716. The number of ether oxygens (including phenoxy) is 1. The maximum absolute atomic E-state index is 12.6. The van der Waals surface area contributed by atoms with Gasteiger partial charge in [-0.1, -0.05) is 31.5 Å². The third-order valence-corrected chi connectivity index (χ3v) is 5.92. The van der Waals surface area contributed by atoms with Crippen LogP contribution >= 0.6 is 24.8 Å². The zero-order valence-corrected chi connectivity index (χ0v) is 18.3. The van der Waals surface area contributed by atoms with Crippen LogP contribution in [0.25, 0.3) is 0 Å². The number of nitrogens with zero attached hydrogens (tertiary/aromatic N) is 2. The van der Waals surface area contributed by atoms with Crippen LogP contribution in [0.2, 0.25) is 0 Å². The smallest absolute Gasteiger partial charge is 0.338 e. The number of hydrogen-bond donors (Lipinski definition) is 0. The fourth-order valence-corrected chi connectivity index (χ4v) is 4.61. The molecule has 1 aromatic carbocycles. The van der Waals surface area contributed by atoms with Crippen LogP contribution < -0.4 is 0 Å². The number of piperidine rings is 1. The Morgan fingerprint density at radius 1 is 1.15 bits per heavy atom.